The average Bonchev–Trinajstić information content (AvgIpc) is 2.87. The number of nitrogens with zero attached hydrogens (tertiary/aromatic N) is 4. The third-order valence-corrected chi connectivity index (χ3v) is 3.49. The topological polar surface area (TPSA) is 64.8 Å². The van der Waals surface area contributed by atoms with Crippen molar-refractivity contribution < 1.29 is 0 Å². The van der Waals surface area contributed by atoms with Crippen LogP contribution in [0.4, 0.5) is 5.82 Å². The standard InChI is InChI=1S/C13H19N5/c1-10-11(2)16-17-13(12(10)9-14)15-5-8-18-6-3-4-7-18/h3-8H2,1-2H3,(H,15,17). The number of rotatable bonds is 4. The molecule has 2 heterocycles. The number of nitriles is 1. The molecule has 18 heavy (non-hydrogen) atoms. The van der Waals surface area contributed by atoms with Crippen LogP contribution in [0.1, 0.15) is 29.7 Å². The van der Waals surface area contributed by atoms with Crippen LogP contribution < -0.4 is 5.32 Å². The molecule has 96 valence electrons. The summed E-state index contributed by atoms with van der Waals surface area (Å²) in [6.45, 7) is 7.97. The first-order chi connectivity index (χ1) is 8.72. The van der Waals surface area contributed by atoms with Gasteiger partial charge in [0.15, 0.2) is 5.82 Å². The van der Waals surface area contributed by atoms with Crippen molar-refractivity contribution in [3.05, 3.63) is 16.8 Å². The first-order valence-electron chi connectivity index (χ1n) is 6.42. The predicted octanol–water partition coefficient (Wildman–Crippen LogP) is 1.47. The number of likely N-dealkylation sites (tertiary alicyclic amines) is 1. The van der Waals surface area contributed by atoms with Gasteiger partial charge < -0.3 is 10.2 Å². The molecule has 0 aromatic carbocycles. The normalized spacial score (nSPS) is 15.6. The third kappa shape index (κ3) is 2.77. The van der Waals surface area contributed by atoms with Crippen molar-refractivity contribution in [3.63, 3.8) is 0 Å². The highest BCUT2D eigenvalue weighted by Gasteiger charge is 2.13. The number of hydrogen-bond acceptors (Lipinski definition) is 5. The number of aromatic nitrogens is 2. The summed E-state index contributed by atoms with van der Waals surface area (Å²) in [6.07, 6.45) is 2.60. The lowest BCUT2D eigenvalue weighted by molar-refractivity contribution is 0.352. The van der Waals surface area contributed by atoms with Gasteiger partial charge in [-0.2, -0.15) is 10.4 Å². The Labute approximate surface area is 108 Å². The molecule has 0 aliphatic carbocycles. The van der Waals surface area contributed by atoms with Crippen LogP contribution in [-0.4, -0.2) is 41.3 Å². The highest BCUT2D eigenvalue weighted by Crippen LogP contribution is 2.16. The molecule has 1 aromatic rings. The van der Waals surface area contributed by atoms with Gasteiger partial charge in [-0.15, -0.1) is 5.10 Å². The average molecular weight is 245 g/mol. The van der Waals surface area contributed by atoms with E-state index in [9.17, 15) is 0 Å². The van der Waals surface area contributed by atoms with E-state index in [1.807, 2.05) is 13.8 Å². The highest BCUT2D eigenvalue weighted by molar-refractivity contribution is 5.55. The molecule has 0 saturated carbocycles. The number of nitrogens with one attached hydrogen (secondary N) is 1. The van der Waals surface area contributed by atoms with Gasteiger partial charge in [0, 0.05) is 13.1 Å². The van der Waals surface area contributed by atoms with E-state index >= 15 is 0 Å². The maximum atomic E-state index is 9.17. The number of aryl methyl sites for hydroxylation is 1. The summed E-state index contributed by atoms with van der Waals surface area (Å²) in [6, 6.07) is 2.20. The second-order valence-corrected chi connectivity index (χ2v) is 4.72. The summed E-state index contributed by atoms with van der Waals surface area (Å²) in [4.78, 5) is 2.42. The Hall–Kier alpha value is -1.67. The Morgan fingerprint density at radius 2 is 2.00 bits per heavy atom. The van der Waals surface area contributed by atoms with Gasteiger partial charge in [0.25, 0.3) is 0 Å². The Morgan fingerprint density at radius 1 is 1.28 bits per heavy atom. The zero-order chi connectivity index (χ0) is 13.0. The molecule has 0 bridgehead atoms. The Morgan fingerprint density at radius 3 is 2.67 bits per heavy atom. The van der Waals surface area contributed by atoms with Crippen molar-refractivity contribution in [3.8, 4) is 6.07 Å². The largest absolute Gasteiger partial charge is 0.366 e. The van der Waals surface area contributed by atoms with E-state index in [4.69, 9.17) is 5.26 Å². The van der Waals surface area contributed by atoms with E-state index in [-0.39, 0.29) is 0 Å². The fourth-order valence-corrected chi connectivity index (χ4v) is 2.21. The minimum Gasteiger partial charge on any atom is -0.366 e. The van der Waals surface area contributed by atoms with E-state index < -0.39 is 0 Å². The molecule has 0 amide bonds. The fourth-order valence-electron chi connectivity index (χ4n) is 2.21. The minimum absolute atomic E-state index is 0.611. The van der Waals surface area contributed by atoms with Gasteiger partial charge >= 0.3 is 0 Å². The van der Waals surface area contributed by atoms with Crippen LogP contribution in [0.3, 0.4) is 0 Å². The maximum absolute atomic E-state index is 9.17. The van der Waals surface area contributed by atoms with E-state index in [2.05, 4.69) is 26.5 Å². The second-order valence-electron chi connectivity index (χ2n) is 4.72. The van der Waals surface area contributed by atoms with Crippen molar-refractivity contribution in [1.29, 1.82) is 5.26 Å². The van der Waals surface area contributed by atoms with Crippen molar-refractivity contribution in [2.45, 2.75) is 26.7 Å². The van der Waals surface area contributed by atoms with Crippen molar-refractivity contribution >= 4 is 5.82 Å². The monoisotopic (exact) mass is 245 g/mol. The predicted molar refractivity (Wildman–Crippen MR) is 70.4 cm³/mol. The molecule has 1 fully saturated rings. The third-order valence-electron chi connectivity index (χ3n) is 3.49. The lowest BCUT2D eigenvalue weighted by atomic mass is 10.1. The van der Waals surface area contributed by atoms with Gasteiger partial charge in [0.2, 0.25) is 0 Å². The van der Waals surface area contributed by atoms with Crippen LogP contribution in [0.5, 0.6) is 0 Å². The van der Waals surface area contributed by atoms with Gasteiger partial charge in [-0.1, -0.05) is 0 Å². The van der Waals surface area contributed by atoms with E-state index in [1.54, 1.807) is 0 Å². The summed E-state index contributed by atoms with van der Waals surface area (Å²) < 4.78 is 0. The highest BCUT2D eigenvalue weighted by atomic mass is 15.2. The number of hydrogen-bond donors (Lipinski definition) is 1. The van der Waals surface area contributed by atoms with Crippen LogP contribution in [0.15, 0.2) is 0 Å². The summed E-state index contributed by atoms with van der Waals surface area (Å²) >= 11 is 0. The van der Waals surface area contributed by atoms with Gasteiger partial charge in [-0.3, -0.25) is 0 Å². The first-order valence-corrected chi connectivity index (χ1v) is 6.42. The molecular formula is C13H19N5. The van der Waals surface area contributed by atoms with E-state index in [1.165, 1.54) is 25.9 Å². The molecule has 1 aliphatic heterocycles. The van der Waals surface area contributed by atoms with Gasteiger partial charge in [-0.25, -0.2) is 0 Å². The molecule has 5 heteroatoms. The molecule has 0 unspecified atom stereocenters. The first kappa shape index (κ1) is 12.8. The second kappa shape index (κ2) is 5.78. The zero-order valence-electron chi connectivity index (χ0n) is 11.0. The van der Waals surface area contributed by atoms with Crippen LogP contribution in [0.2, 0.25) is 0 Å². The van der Waals surface area contributed by atoms with Gasteiger partial charge in [0.05, 0.1) is 5.69 Å². The molecule has 1 N–H and O–H groups in total. The molecule has 1 saturated heterocycles. The van der Waals surface area contributed by atoms with E-state index in [0.717, 1.165) is 24.3 Å². The molecule has 2 rings (SSSR count). The molecule has 1 aromatic heterocycles. The van der Waals surface area contributed by atoms with Crippen molar-refractivity contribution in [2.24, 2.45) is 0 Å². The molecule has 1 aliphatic rings. The van der Waals surface area contributed by atoms with Crippen molar-refractivity contribution in [1.82, 2.24) is 15.1 Å². The Balaban J connectivity index is 1.96. The Bertz CT molecular complexity index is 457. The Kier molecular flexibility index (Phi) is 4.11. The zero-order valence-corrected chi connectivity index (χ0v) is 11.0. The van der Waals surface area contributed by atoms with E-state index in [0.29, 0.717) is 11.4 Å². The molecular weight excluding hydrogens is 226 g/mol. The summed E-state index contributed by atoms with van der Waals surface area (Å²) in [7, 11) is 0. The quantitative estimate of drug-likeness (QED) is 0.870. The van der Waals surface area contributed by atoms with Crippen LogP contribution in [-0.2, 0) is 0 Å². The SMILES string of the molecule is Cc1nnc(NCCN2CCCC2)c(C#N)c1C. The molecule has 5 nitrogen and oxygen atoms in total. The minimum atomic E-state index is 0.611. The fraction of sp³-hybridized carbons (Fsp3) is 0.615. The summed E-state index contributed by atoms with van der Waals surface area (Å²) in [5.41, 5.74) is 2.34. The van der Waals surface area contributed by atoms with Gasteiger partial charge in [-0.05, 0) is 45.3 Å². The van der Waals surface area contributed by atoms with Crippen LogP contribution in [0.25, 0.3) is 0 Å². The molecule has 0 atom stereocenters. The van der Waals surface area contributed by atoms with Crippen molar-refractivity contribution in [2.75, 3.05) is 31.5 Å². The summed E-state index contributed by atoms with van der Waals surface area (Å²) in [5, 5.41) is 20.5. The molecule has 0 spiro atoms. The molecule has 0 radical (unpaired) electrons. The smallest absolute Gasteiger partial charge is 0.166 e. The summed E-state index contributed by atoms with van der Waals surface area (Å²) in [5.74, 6) is 0.611. The van der Waals surface area contributed by atoms with Gasteiger partial charge in [0.1, 0.15) is 11.6 Å². The van der Waals surface area contributed by atoms with Crippen LogP contribution >= 0.6 is 0 Å². The number of anilines is 1. The lowest BCUT2D eigenvalue weighted by Gasteiger charge is -2.15. The van der Waals surface area contributed by atoms with Crippen LogP contribution in [0, 0.1) is 25.2 Å². The lowest BCUT2D eigenvalue weighted by Crippen LogP contribution is -2.26. The maximum Gasteiger partial charge on any atom is 0.166 e.